The number of fused-ring (bicyclic) bond motifs is 1. The van der Waals surface area contributed by atoms with E-state index >= 15 is 0 Å². The lowest BCUT2D eigenvalue weighted by molar-refractivity contribution is -0.114. The molecule has 0 atom stereocenters. The van der Waals surface area contributed by atoms with Crippen LogP contribution in [-0.4, -0.2) is 21.2 Å². The summed E-state index contributed by atoms with van der Waals surface area (Å²) < 4.78 is 28.1. The molecule has 1 amide bonds. The first-order valence-corrected chi connectivity index (χ1v) is 6.29. The molecule has 2 heterocycles. The zero-order chi connectivity index (χ0) is 15.3. The summed E-state index contributed by atoms with van der Waals surface area (Å²) in [6.07, 6.45) is 1.39. The highest BCUT2D eigenvalue weighted by Gasteiger charge is 2.37. The third-order valence-electron chi connectivity index (χ3n) is 3.34. The number of imidazole rings is 1. The smallest absolute Gasteiger partial charge is 0.299 e. The number of hydrogen-bond acceptors (Lipinski definition) is 3. The van der Waals surface area contributed by atoms with Gasteiger partial charge in [0, 0.05) is 13.1 Å². The van der Waals surface area contributed by atoms with Gasteiger partial charge in [0.05, 0.1) is 24.0 Å². The number of aromatic nitrogens is 2. The van der Waals surface area contributed by atoms with Crippen molar-refractivity contribution in [2.45, 2.75) is 6.54 Å². The van der Waals surface area contributed by atoms with Gasteiger partial charge in [-0.05, 0) is 6.07 Å². The van der Waals surface area contributed by atoms with Gasteiger partial charge in [-0.2, -0.15) is 0 Å². The minimum atomic E-state index is -1.17. The molecule has 0 bridgehead atoms. The summed E-state index contributed by atoms with van der Waals surface area (Å²) in [5.74, 6) is -3.60. The SMILES string of the molecule is Cn1c(Cl)cnc1CN1C(=O)C(=O)c2cc(F)c(F)cc21. The number of benzene rings is 1. The van der Waals surface area contributed by atoms with Gasteiger partial charge in [-0.25, -0.2) is 13.8 Å². The van der Waals surface area contributed by atoms with Gasteiger partial charge in [0.2, 0.25) is 0 Å². The van der Waals surface area contributed by atoms with Gasteiger partial charge in [0.1, 0.15) is 11.0 Å². The minimum Gasteiger partial charge on any atom is -0.321 e. The molecule has 108 valence electrons. The quantitative estimate of drug-likeness (QED) is 0.798. The topological polar surface area (TPSA) is 55.2 Å². The van der Waals surface area contributed by atoms with Crippen LogP contribution >= 0.6 is 11.6 Å². The van der Waals surface area contributed by atoms with Crippen LogP contribution < -0.4 is 4.90 Å². The molecule has 0 N–H and O–H groups in total. The van der Waals surface area contributed by atoms with Crippen molar-refractivity contribution in [1.82, 2.24) is 9.55 Å². The Bertz CT molecular complexity index is 788. The van der Waals surface area contributed by atoms with Crippen molar-refractivity contribution in [3.8, 4) is 0 Å². The zero-order valence-electron chi connectivity index (χ0n) is 10.7. The molecule has 5 nitrogen and oxygen atoms in total. The number of ketones is 1. The standard InChI is InChI=1S/C13H8ClF2N3O2/c1-18-10(14)4-17-11(18)5-19-9-3-8(16)7(15)2-6(9)12(20)13(19)21/h2-4H,5H2,1H3. The summed E-state index contributed by atoms with van der Waals surface area (Å²) in [6, 6.07) is 1.56. The lowest BCUT2D eigenvalue weighted by Gasteiger charge is -2.16. The summed E-state index contributed by atoms with van der Waals surface area (Å²) in [4.78, 5) is 28.8. The Kier molecular flexibility index (Phi) is 3.02. The minimum absolute atomic E-state index is 0.0306. The maximum Gasteiger partial charge on any atom is 0.299 e. The van der Waals surface area contributed by atoms with E-state index in [9.17, 15) is 18.4 Å². The maximum absolute atomic E-state index is 13.4. The molecule has 1 aromatic carbocycles. The Labute approximate surface area is 122 Å². The van der Waals surface area contributed by atoms with Crippen molar-refractivity contribution in [2.75, 3.05) is 4.90 Å². The van der Waals surface area contributed by atoms with Gasteiger partial charge < -0.3 is 4.57 Å². The largest absolute Gasteiger partial charge is 0.321 e. The Balaban J connectivity index is 2.05. The molecule has 3 rings (SSSR count). The predicted octanol–water partition coefficient (Wildman–Crippen LogP) is 2.08. The summed E-state index contributed by atoms with van der Waals surface area (Å²) in [5, 5.41) is 0.355. The fourth-order valence-corrected chi connectivity index (χ4v) is 2.30. The molecule has 0 saturated carbocycles. The molecule has 0 fully saturated rings. The average molecular weight is 312 g/mol. The Hall–Kier alpha value is -2.28. The molecule has 0 saturated heterocycles. The van der Waals surface area contributed by atoms with Crippen molar-refractivity contribution in [2.24, 2.45) is 7.05 Å². The third-order valence-corrected chi connectivity index (χ3v) is 3.69. The lowest BCUT2D eigenvalue weighted by Crippen LogP contribution is -2.30. The first kappa shape index (κ1) is 13.7. The van der Waals surface area contributed by atoms with E-state index in [2.05, 4.69) is 4.98 Å². The van der Waals surface area contributed by atoms with Gasteiger partial charge in [0.15, 0.2) is 11.6 Å². The average Bonchev–Trinajstić information content (AvgIpc) is 2.87. The predicted molar refractivity (Wildman–Crippen MR) is 70.1 cm³/mol. The van der Waals surface area contributed by atoms with Gasteiger partial charge in [-0.1, -0.05) is 11.6 Å². The maximum atomic E-state index is 13.4. The van der Waals surface area contributed by atoms with E-state index in [0.717, 1.165) is 17.0 Å². The molecule has 1 aromatic heterocycles. The monoisotopic (exact) mass is 311 g/mol. The number of carbonyl (C=O) groups is 2. The first-order chi connectivity index (χ1) is 9.90. The fraction of sp³-hybridized carbons (Fsp3) is 0.154. The van der Waals surface area contributed by atoms with Crippen LogP contribution in [0.15, 0.2) is 18.3 Å². The van der Waals surface area contributed by atoms with Gasteiger partial charge in [-0.15, -0.1) is 0 Å². The second kappa shape index (κ2) is 4.63. The number of carbonyl (C=O) groups excluding carboxylic acids is 2. The molecule has 0 radical (unpaired) electrons. The van der Waals surface area contributed by atoms with Crippen molar-refractivity contribution < 1.29 is 18.4 Å². The highest BCUT2D eigenvalue weighted by Crippen LogP contribution is 2.32. The molecule has 1 aliphatic heterocycles. The number of amides is 1. The highest BCUT2D eigenvalue weighted by molar-refractivity contribution is 6.52. The molecule has 0 unspecified atom stereocenters. The van der Waals surface area contributed by atoms with Crippen LogP contribution in [0.2, 0.25) is 5.15 Å². The number of hydrogen-bond donors (Lipinski definition) is 0. The number of halogens is 3. The van der Waals surface area contributed by atoms with Crippen molar-refractivity contribution in [1.29, 1.82) is 0 Å². The van der Waals surface area contributed by atoms with Gasteiger partial charge >= 0.3 is 0 Å². The highest BCUT2D eigenvalue weighted by atomic mass is 35.5. The molecule has 0 aliphatic carbocycles. The van der Waals surface area contributed by atoms with Crippen LogP contribution in [0.3, 0.4) is 0 Å². The molecular formula is C13H8ClF2N3O2. The van der Waals surface area contributed by atoms with Crippen LogP contribution in [0.4, 0.5) is 14.5 Å². The van der Waals surface area contributed by atoms with E-state index in [1.54, 1.807) is 7.05 Å². The van der Waals surface area contributed by atoms with E-state index < -0.39 is 23.3 Å². The molecule has 2 aromatic rings. The van der Waals surface area contributed by atoms with Gasteiger partial charge in [-0.3, -0.25) is 14.5 Å². The zero-order valence-corrected chi connectivity index (χ0v) is 11.5. The normalized spacial score (nSPS) is 14.0. The van der Waals surface area contributed by atoms with E-state index in [0.29, 0.717) is 11.0 Å². The van der Waals surface area contributed by atoms with Crippen LogP contribution in [0, 0.1) is 11.6 Å². The third kappa shape index (κ3) is 2.01. The van der Waals surface area contributed by atoms with E-state index in [1.807, 2.05) is 0 Å². The number of rotatable bonds is 2. The van der Waals surface area contributed by atoms with Crippen molar-refractivity contribution in [3.05, 3.63) is 46.5 Å². The van der Waals surface area contributed by atoms with Crippen molar-refractivity contribution in [3.63, 3.8) is 0 Å². The van der Waals surface area contributed by atoms with E-state index in [-0.39, 0.29) is 17.8 Å². The summed E-state index contributed by atoms with van der Waals surface area (Å²) >= 11 is 5.85. The molecule has 1 aliphatic rings. The van der Waals surface area contributed by atoms with Crippen LogP contribution in [0.1, 0.15) is 16.2 Å². The molecule has 21 heavy (non-hydrogen) atoms. The lowest BCUT2D eigenvalue weighted by atomic mass is 10.1. The molecule has 0 spiro atoms. The Morgan fingerprint density at radius 1 is 1.24 bits per heavy atom. The van der Waals surface area contributed by atoms with Gasteiger partial charge in [0.25, 0.3) is 11.7 Å². The molecule has 8 heteroatoms. The summed E-state index contributed by atoms with van der Waals surface area (Å²) in [7, 11) is 1.64. The number of nitrogens with zero attached hydrogens (tertiary/aromatic N) is 3. The van der Waals surface area contributed by atoms with Crippen LogP contribution in [0.5, 0.6) is 0 Å². The summed E-state index contributed by atoms with van der Waals surface area (Å²) in [5.41, 5.74) is -0.123. The second-order valence-corrected chi connectivity index (χ2v) is 4.95. The number of Topliss-reactive ketones (excluding diaryl/α,β-unsaturated/α-hetero) is 1. The summed E-state index contributed by atoms with van der Waals surface area (Å²) in [6.45, 7) is -0.0636. The van der Waals surface area contributed by atoms with E-state index in [1.165, 1.54) is 10.8 Å². The first-order valence-electron chi connectivity index (χ1n) is 5.91. The number of anilines is 1. The fourth-order valence-electron chi connectivity index (χ4n) is 2.16. The Morgan fingerprint density at radius 2 is 1.90 bits per heavy atom. The Morgan fingerprint density at radius 3 is 2.52 bits per heavy atom. The van der Waals surface area contributed by atoms with E-state index in [4.69, 9.17) is 11.6 Å². The second-order valence-electron chi connectivity index (χ2n) is 4.56. The van der Waals surface area contributed by atoms with Crippen LogP contribution in [0.25, 0.3) is 0 Å². The molecular weight excluding hydrogens is 304 g/mol. The van der Waals surface area contributed by atoms with Crippen LogP contribution in [-0.2, 0) is 18.4 Å². The van der Waals surface area contributed by atoms with Crippen molar-refractivity contribution >= 4 is 29.0 Å².